The molecule has 3 rings (SSSR count). The molecule has 2 heterocycles. The van der Waals surface area contributed by atoms with Gasteiger partial charge in [-0.05, 0) is 11.6 Å². The summed E-state index contributed by atoms with van der Waals surface area (Å²) in [6.45, 7) is 3.39. The summed E-state index contributed by atoms with van der Waals surface area (Å²) in [6, 6.07) is 7.79. The lowest BCUT2D eigenvalue weighted by atomic mass is 9.96. The lowest BCUT2D eigenvalue weighted by Gasteiger charge is -2.10. The van der Waals surface area contributed by atoms with Crippen LogP contribution >= 0.6 is 0 Å². The van der Waals surface area contributed by atoms with Crippen molar-refractivity contribution < 1.29 is 19.2 Å². The maximum Gasteiger partial charge on any atom is 0.307 e. The number of rotatable bonds is 4. The monoisotopic (exact) mass is 288 g/mol. The molecule has 0 radical (unpaired) electrons. The maximum absolute atomic E-state index is 11.0. The quantitative estimate of drug-likeness (QED) is 0.930. The van der Waals surface area contributed by atoms with E-state index in [-0.39, 0.29) is 12.0 Å². The molecular formula is C15H16N2O4. The fraction of sp³-hybridized carbons (Fsp3) is 0.400. The van der Waals surface area contributed by atoms with Gasteiger partial charge >= 0.3 is 5.97 Å². The van der Waals surface area contributed by atoms with Gasteiger partial charge in [-0.3, -0.25) is 4.79 Å². The van der Waals surface area contributed by atoms with Crippen molar-refractivity contribution in [3.05, 3.63) is 41.5 Å². The number of carbonyl (C=O) groups is 1. The Labute approximate surface area is 121 Å². The van der Waals surface area contributed by atoms with Gasteiger partial charge in [0.1, 0.15) is 5.75 Å². The van der Waals surface area contributed by atoms with Crippen LogP contribution < -0.4 is 4.74 Å². The second-order valence-electron chi connectivity index (χ2n) is 5.32. The number of nitrogens with zero attached hydrogens (tertiary/aromatic N) is 2. The largest absolute Gasteiger partial charge is 0.482 e. The van der Waals surface area contributed by atoms with Gasteiger partial charge in [0, 0.05) is 12.3 Å². The molecule has 3 atom stereocenters. The summed E-state index contributed by atoms with van der Waals surface area (Å²) < 4.78 is 11.0. The van der Waals surface area contributed by atoms with Gasteiger partial charge in [0.05, 0.1) is 5.92 Å². The molecule has 0 amide bonds. The highest BCUT2D eigenvalue weighted by molar-refractivity contribution is 5.70. The van der Waals surface area contributed by atoms with Crippen LogP contribution in [-0.2, 0) is 11.2 Å². The minimum Gasteiger partial charge on any atom is -0.482 e. The number of carboxylic acids is 1. The van der Waals surface area contributed by atoms with Crippen molar-refractivity contribution in [1.82, 2.24) is 10.1 Å². The highest BCUT2D eigenvalue weighted by Gasteiger charge is 2.31. The van der Waals surface area contributed by atoms with Gasteiger partial charge in [0.25, 0.3) is 0 Å². The molecule has 1 N–H and O–H groups in total. The number of para-hydroxylation sites is 1. The molecule has 0 fully saturated rings. The normalized spacial score (nSPS) is 19.6. The van der Waals surface area contributed by atoms with E-state index < -0.39 is 11.9 Å². The van der Waals surface area contributed by atoms with Crippen LogP contribution in [0.5, 0.6) is 5.75 Å². The zero-order chi connectivity index (χ0) is 15.0. The molecule has 0 aliphatic carbocycles. The number of hydrogen-bond acceptors (Lipinski definition) is 5. The smallest absolute Gasteiger partial charge is 0.307 e. The summed E-state index contributed by atoms with van der Waals surface area (Å²) in [5, 5.41) is 13.0. The number of aliphatic carboxylic acids is 1. The zero-order valence-electron chi connectivity index (χ0n) is 11.8. The number of aromatic nitrogens is 2. The Morgan fingerprint density at radius 2 is 2.14 bits per heavy atom. The van der Waals surface area contributed by atoms with Crippen LogP contribution in [0.3, 0.4) is 0 Å². The zero-order valence-corrected chi connectivity index (χ0v) is 11.8. The molecule has 0 bridgehead atoms. The van der Waals surface area contributed by atoms with E-state index in [4.69, 9.17) is 14.4 Å². The topological polar surface area (TPSA) is 85.5 Å². The van der Waals surface area contributed by atoms with Crippen LogP contribution in [0.1, 0.15) is 43.1 Å². The van der Waals surface area contributed by atoms with Gasteiger partial charge in [0.2, 0.25) is 11.7 Å². The lowest BCUT2D eigenvalue weighted by Crippen LogP contribution is -2.17. The van der Waals surface area contributed by atoms with Crippen molar-refractivity contribution in [2.75, 3.05) is 0 Å². The molecule has 21 heavy (non-hydrogen) atoms. The lowest BCUT2D eigenvalue weighted by molar-refractivity contribution is -0.141. The highest BCUT2D eigenvalue weighted by Crippen LogP contribution is 2.35. The third-order valence-electron chi connectivity index (χ3n) is 3.92. The summed E-state index contributed by atoms with van der Waals surface area (Å²) in [4.78, 5) is 15.3. The van der Waals surface area contributed by atoms with Crippen LogP contribution in [-0.4, -0.2) is 21.2 Å². The SMILES string of the molecule is CC(C(=O)O)C(C)c1nc(C2Cc3ccccc3O2)no1. The van der Waals surface area contributed by atoms with Crippen molar-refractivity contribution >= 4 is 5.97 Å². The molecule has 0 saturated heterocycles. The fourth-order valence-corrected chi connectivity index (χ4v) is 2.32. The van der Waals surface area contributed by atoms with E-state index in [1.165, 1.54) is 0 Å². The molecule has 1 aliphatic rings. The van der Waals surface area contributed by atoms with Gasteiger partial charge in [-0.1, -0.05) is 37.2 Å². The molecule has 3 unspecified atom stereocenters. The van der Waals surface area contributed by atoms with Crippen LogP contribution in [0.15, 0.2) is 28.8 Å². The molecule has 0 saturated carbocycles. The van der Waals surface area contributed by atoms with Crippen molar-refractivity contribution in [3.8, 4) is 5.75 Å². The fourth-order valence-electron chi connectivity index (χ4n) is 2.32. The van der Waals surface area contributed by atoms with Crippen molar-refractivity contribution in [3.63, 3.8) is 0 Å². The molecule has 1 aromatic carbocycles. The minimum atomic E-state index is -0.883. The first kappa shape index (κ1) is 13.6. The first-order valence-electron chi connectivity index (χ1n) is 6.87. The van der Waals surface area contributed by atoms with E-state index in [1.54, 1.807) is 13.8 Å². The molecule has 110 valence electrons. The van der Waals surface area contributed by atoms with E-state index in [9.17, 15) is 4.79 Å². The minimum absolute atomic E-state index is 0.271. The average Bonchev–Trinajstić information content (AvgIpc) is 3.11. The number of fused-ring (bicyclic) bond motifs is 1. The standard InChI is InChI=1S/C15H16N2O4/c1-8(9(2)15(18)19)14-16-13(17-21-14)12-7-10-5-3-4-6-11(10)20-12/h3-6,8-9,12H,7H2,1-2H3,(H,18,19). The van der Waals surface area contributed by atoms with E-state index in [0.29, 0.717) is 18.1 Å². The Hall–Kier alpha value is -2.37. The van der Waals surface area contributed by atoms with E-state index in [1.807, 2.05) is 24.3 Å². The number of benzene rings is 1. The number of carboxylic acid groups (broad SMARTS) is 1. The predicted molar refractivity (Wildman–Crippen MR) is 73.0 cm³/mol. The predicted octanol–water partition coefficient (Wildman–Crippen LogP) is 2.57. The van der Waals surface area contributed by atoms with Gasteiger partial charge in [-0.25, -0.2) is 0 Å². The molecular weight excluding hydrogens is 272 g/mol. The molecule has 1 aliphatic heterocycles. The van der Waals surface area contributed by atoms with Crippen molar-refractivity contribution in [2.24, 2.45) is 5.92 Å². The molecule has 0 spiro atoms. The first-order valence-corrected chi connectivity index (χ1v) is 6.87. The number of ether oxygens (including phenoxy) is 1. The van der Waals surface area contributed by atoms with E-state index in [0.717, 1.165) is 11.3 Å². The van der Waals surface area contributed by atoms with Crippen LogP contribution in [0, 0.1) is 5.92 Å². The summed E-state index contributed by atoms with van der Waals surface area (Å²) in [5.41, 5.74) is 1.11. The Balaban J connectivity index is 1.76. The number of hydrogen-bond donors (Lipinski definition) is 1. The Morgan fingerprint density at radius 3 is 2.86 bits per heavy atom. The van der Waals surface area contributed by atoms with Gasteiger partial charge in [0.15, 0.2) is 6.10 Å². The second-order valence-corrected chi connectivity index (χ2v) is 5.32. The Kier molecular flexibility index (Phi) is 3.37. The summed E-state index contributed by atoms with van der Waals surface area (Å²) >= 11 is 0. The van der Waals surface area contributed by atoms with E-state index in [2.05, 4.69) is 10.1 Å². The third-order valence-corrected chi connectivity index (χ3v) is 3.92. The molecule has 6 nitrogen and oxygen atoms in total. The first-order chi connectivity index (χ1) is 10.1. The van der Waals surface area contributed by atoms with Crippen molar-refractivity contribution in [1.29, 1.82) is 0 Å². The summed E-state index contributed by atoms with van der Waals surface area (Å²) in [7, 11) is 0. The Bertz CT molecular complexity index is 642. The van der Waals surface area contributed by atoms with Crippen LogP contribution in [0.25, 0.3) is 0 Å². The molecule has 1 aromatic heterocycles. The third kappa shape index (κ3) is 2.49. The summed E-state index contributed by atoms with van der Waals surface area (Å²) in [6.07, 6.45) is 0.421. The highest BCUT2D eigenvalue weighted by atomic mass is 16.5. The van der Waals surface area contributed by atoms with Crippen LogP contribution in [0.4, 0.5) is 0 Å². The summed E-state index contributed by atoms with van der Waals surface area (Å²) in [5.74, 6) is -0.176. The second kappa shape index (κ2) is 5.20. The van der Waals surface area contributed by atoms with E-state index >= 15 is 0 Å². The molecule has 2 aromatic rings. The Morgan fingerprint density at radius 1 is 1.38 bits per heavy atom. The molecule has 6 heteroatoms. The van der Waals surface area contributed by atoms with Gasteiger partial charge < -0.3 is 14.4 Å². The average molecular weight is 288 g/mol. The van der Waals surface area contributed by atoms with Gasteiger partial charge in [-0.15, -0.1) is 0 Å². The van der Waals surface area contributed by atoms with Crippen LogP contribution in [0.2, 0.25) is 0 Å². The maximum atomic E-state index is 11.0. The van der Waals surface area contributed by atoms with Gasteiger partial charge in [-0.2, -0.15) is 4.98 Å². The van der Waals surface area contributed by atoms with Crippen molar-refractivity contribution in [2.45, 2.75) is 32.3 Å².